The summed E-state index contributed by atoms with van der Waals surface area (Å²) >= 11 is 0. The molecule has 0 bridgehead atoms. The predicted octanol–water partition coefficient (Wildman–Crippen LogP) is 4.47. The molecular formula is C17H32O2. The van der Waals surface area contributed by atoms with Gasteiger partial charge >= 0.3 is 0 Å². The lowest BCUT2D eigenvalue weighted by Crippen LogP contribution is -2.34. The van der Waals surface area contributed by atoms with Crippen LogP contribution in [0.25, 0.3) is 0 Å². The third-order valence-corrected chi connectivity index (χ3v) is 4.62. The summed E-state index contributed by atoms with van der Waals surface area (Å²) in [5, 5.41) is 0. The highest BCUT2D eigenvalue weighted by atomic mass is 16.5. The van der Waals surface area contributed by atoms with Crippen LogP contribution in [0.3, 0.4) is 0 Å². The molecule has 0 aliphatic carbocycles. The van der Waals surface area contributed by atoms with Gasteiger partial charge in [-0.15, -0.1) is 0 Å². The number of carbonyl (C=O) groups excluding carboxylic acids is 1. The molecule has 1 saturated heterocycles. The summed E-state index contributed by atoms with van der Waals surface area (Å²) in [6, 6.07) is 0. The lowest BCUT2D eigenvalue weighted by atomic mass is 9.69. The topological polar surface area (TPSA) is 26.3 Å². The number of rotatable bonds is 5. The van der Waals surface area contributed by atoms with Gasteiger partial charge in [0.1, 0.15) is 5.78 Å². The third-order valence-electron chi connectivity index (χ3n) is 4.62. The van der Waals surface area contributed by atoms with E-state index in [2.05, 4.69) is 41.5 Å². The molecule has 1 unspecified atom stereocenters. The van der Waals surface area contributed by atoms with Crippen molar-refractivity contribution in [2.75, 3.05) is 13.2 Å². The van der Waals surface area contributed by atoms with Gasteiger partial charge in [0.15, 0.2) is 0 Å². The van der Waals surface area contributed by atoms with E-state index in [0.717, 1.165) is 38.9 Å². The zero-order valence-corrected chi connectivity index (χ0v) is 13.7. The molecule has 0 saturated carbocycles. The molecular weight excluding hydrogens is 236 g/mol. The fourth-order valence-corrected chi connectivity index (χ4v) is 3.55. The Kier molecular flexibility index (Phi) is 5.61. The first-order chi connectivity index (χ1) is 8.66. The zero-order chi connectivity index (χ0) is 14.7. The van der Waals surface area contributed by atoms with E-state index >= 15 is 0 Å². The highest BCUT2D eigenvalue weighted by Gasteiger charge is 2.35. The Bertz CT molecular complexity index is 293. The van der Waals surface area contributed by atoms with Crippen molar-refractivity contribution in [3.8, 4) is 0 Å². The minimum Gasteiger partial charge on any atom is -0.381 e. The van der Waals surface area contributed by atoms with Crippen molar-refractivity contribution in [1.29, 1.82) is 0 Å². The Morgan fingerprint density at radius 3 is 2.16 bits per heavy atom. The average molecular weight is 268 g/mol. The Morgan fingerprint density at radius 1 is 1.21 bits per heavy atom. The molecule has 2 nitrogen and oxygen atoms in total. The van der Waals surface area contributed by atoms with Crippen molar-refractivity contribution in [1.82, 2.24) is 0 Å². The molecule has 1 rings (SSSR count). The van der Waals surface area contributed by atoms with Crippen LogP contribution in [-0.2, 0) is 9.53 Å². The van der Waals surface area contributed by atoms with Crippen molar-refractivity contribution in [3.05, 3.63) is 0 Å². The summed E-state index contributed by atoms with van der Waals surface area (Å²) in [4.78, 5) is 12.6. The fourth-order valence-electron chi connectivity index (χ4n) is 3.55. The lowest BCUT2D eigenvalue weighted by Gasteiger charge is -2.36. The zero-order valence-electron chi connectivity index (χ0n) is 13.7. The molecule has 0 amide bonds. The van der Waals surface area contributed by atoms with Crippen molar-refractivity contribution >= 4 is 5.78 Å². The smallest absolute Gasteiger partial charge is 0.136 e. The van der Waals surface area contributed by atoms with Crippen LogP contribution in [0.2, 0.25) is 0 Å². The van der Waals surface area contributed by atoms with E-state index in [-0.39, 0.29) is 11.3 Å². The number of Topliss-reactive ketones (excluding diaryl/α,β-unsaturated/α-hetero) is 1. The summed E-state index contributed by atoms with van der Waals surface area (Å²) in [6.07, 6.45) is 3.95. The van der Waals surface area contributed by atoms with Gasteiger partial charge in [-0.2, -0.15) is 0 Å². The number of carbonyl (C=O) groups is 1. The normalized spacial score (nSPS) is 21.4. The molecule has 0 aromatic rings. The van der Waals surface area contributed by atoms with E-state index in [9.17, 15) is 4.79 Å². The second-order valence-corrected chi connectivity index (χ2v) is 7.98. The predicted molar refractivity (Wildman–Crippen MR) is 80.2 cm³/mol. The molecule has 0 aromatic carbocycles. The fraction of sp³-hybridized carbons (Fsp3) is 0.941. The molecule has 1 fully saturated rings. The Morgan fingerprint density at radius 2 is 1.74 bits per heavy atom. The molecule has 19 heavy (non-hydrogen) atoms. The molecule has 1 aliphatic heterocycles. The van der Waals surface area contributed by atoms with E-state index < -0.39 is 0 Å². The highest BCUT2D eigenvalue weighted by molar-refractivity contribution is 5.82. The first kappa shape index (κ1) is 16.7. The molecule has 0 spiro atoms. The number of ether oxygens (including phenoxy) is 1. The molecule has 112 valence electrons. The monoisotopic (exact) mass is 268 g/mol. The van der Waals surface area contributed by atoms with Crippen LogP contribution in [0, 0.1) is 22.7 Å². The summed E-state index contributed by atoms with van der Waals surface area (Å²) in [6.45, 7) is 14.9. The summed E-state index contributed by atoms with van der Waals surface area (Å²) in [7, 11) is 0. The van der Waals surface area contributed by atoms with Crippen molar-refractivity contribution < 1.29 is 9.53 Å². The molecule has 1 heterocycles. The summed E-state index contributed by atoms with van der Waals surface area (Å²) < 4.78 is 5.43. The molecule has 0 radical (unpaired) electrons. The van der Waals surface area contributed by atoms with Crippen molar-refractivity contribution in [3.63, 3.8) is 0 Å². The quantitative estimate of drug-likeness (QED) is 0.735. The van der Waals surface area contributed by atoms with Crippen LogP contribution >= 0.6 is 0 Å². The van der Waals surface area contributed by atoms with Crippen molar-refractivity contribution in [2.24, 2.45) is 22.7 Å². The average Bonchev–Trinajstić information content (AvgIpc) is 2.25. The van der Waals surface area contributed by atoms with Gasteiger partial charge in [0, 0.05) is 25.6 Å². The maximum absolute atomic E-state index is 12.6. The van der Waals surface area contributed by atoms with Gasteiger partial charge in [-0.1, -0.05) is 41.5 Å². The summed E-state index contributed by atoms with van der Waals surface area (Å²) in [5.41, 5.74) is 0.384. The second-order valence-electron chi connectivity index (χ2n) is 7.98. The Labute approximate surface area is 119 Å². The first-order valence-electron chi connectivity index (χ1n) is 7.76. The molecule has 1 aliphatic rings. The van der Waals surface area contributed by atoms with Crippen LogP contribution in [0.1, 0.15) is 67.2 Å². The minimum atomic E-state index is 0.0713. The van der Waals surface area contributed by atoms with Crippen LogP contribution in [0.5, 0.6) is 0 Å². The Balaban J connectivity index is 2.58. The van der Waals surface area contributed by atoms with Gasteiger partial charge in [-0.3, -0.25) is 4.79 Å². The van der Waals surface area contributed by atoms with Crippen LogP contribution in [0.15, 0.2) is 0 Å². The van der Waals surface area contributed by atoms with Crippen molar-refractivity contribution in [2.45, 2.75) is 67.2 Å². The van der Waals surface area contributed by atoms with Crippen LogP contribution in [0.4, 0.5) is 0 Å². The largest absolute Gasteiger partial charge is 0.381 e. The summed E-state index contributed by atoms with van der Waals surface area (Å²) in [5.74, 6) is 1.06. The van der Waals surface area contributed by atoms with Gasteiger partial charge in [0.2, 0.25) is 0 Å². The van der Waals surface area contributed by atoms with Crippen LogP contribution in [-0.4, -0.2) is 19.0 Å². The van der Waals surface area contributed by atoms with Gasteiger partial charge in [-0.05, 0) is 36.0 Å². The maximum Gasteiger partial charge on any atom is 0.136 e. The van der Waals surface area contributed by atoms with Gasteiger partial charge in [0.25, 0.3) is 0 Å². The lowest BCUT2D eigenvalue weighted by molar-refractivity contribution is -0.128. The minimum absolute atomic E-state index is 0.0713. The molecule has 1 atom stereocenters. The molecule has 0 aromatic heterocycles. The molecule has 0 N–H and O–H groups in total. The van der Waals surface area contributed by atoms with Crippen LogP contribution < -0.4 is 0 Å². The maximum atomic E-state index is 12.6. The van der Waals surface area contributed by atoms with E-state index in [4.69, 9.17) is 4.74 Å². The number of ketones is 1. The van der Waals surface area contributed by atoms with E-state index in [1.54, 1.807) is 0 Å². The molecule has 2 heteroatoms. The standard InChI is InChI=1S/C17H32O2/c1-13(2)15(16(3,4)5)14(18)7-8-17(6)9-11-19-12-10-17/h13,15H,7-12H2,1-6H3. The SMILES string of the molecule is CC(C)C(C(=O)CCC1(C)CCOCC1)C(C)(C)C. The van der Waals surface area contributed by atoms with Gasteiger partial charge in [-0.25, -0.2) is 0 Å². The van der Waals surface area contributed by atoms with Gasteiger partial charge < -0.3 is 4.74 Å². The van der Waals surface area contributed by atoms with E-state index in [1.807, 2.05) is 0 Å². The second kappa shape index (κ2) is 6.39. The highest BCUT2D eigenvalue weighted by Crippen LogP contribution is 2.38. The van der Waals surface area contributed by atoms with Gasteiger partial charge in [0.05, 0.1) is 0 Å². The first-order valence-corrected chi connectivity index (χ1v) is 7.76. The van der Waals surface area contributed by atoms with E-state index in [0.29, 0.717) is 17.1 Å². The Hall–Kier alpha value is -0.370. The van der Waals surface area contributed by atoms with E-state index in [1.165, 1.54) is 0 Å². The number of hydrogen-bond acceptors (Lipinski definition) is 2. The number of hydrogen-bond donors (Lipinski definition) is 0. The third kappa shape index (κ3) is 4.91.